The fraction of sp³-hybridized carbons (Fsp3) is 0.0417. The van der Waals surface area contributed by atoms with Crippen LogP contribution in [0.4, 0.5) is 22.7 Å². The lowest BCUT2D eigenvalue weighted by Gasteiger charge is -2.35. The van der Waals surface area contributed by atoms with Gasteiger partial charge in [0.2, 0.25) is 0 Å². The molecule has 1 aliphatic carbocycles. The number of hydrogen-bond donors (Lipinski definition) is 1. The van der Waals surface area contributed by atoms with Crippen LogP contribution in [0.25, 0.3) is 33.4 Å². The number of nitrogens with zero attached hydrogens (tertiary/aromatic N) is 1. The SMILES string of the molecule is C=C/C(=C\C(c1ccccc1)c1ccccc1)Nc1ccccc1-c1ccc2cc1-c1ccc3c(c1N2c1ccccc1)-c1ccccc1C3. The number of fused-ring (bicyclic) bond motifs is 8. The lowest BCUT2D eigenvalue weighted by atomic mass is 9.86. The molecule has 1 N–H and O–H groups in total. The number of benzene rings is 7. The van der Waals surface area contributed by atoms with Gasteiger partial charge in [0.1, 0.15) is 0 Å². The summed E-state index contributed by atoms with van der Waals surface area (Å²) in [7, 11) is 0. The first-order chi connectivity index (χ1) is 24.8. The lowest BCUT2D eigenvalue weighted by Crippen LogP contribution is -2.16. The average Bonchev–Trinajstić information content (AvgIpc) is 3.57. The Morgan fingerprint density at radius 2 is 1.16 bits per heavy atom. The minimum Gasteiger partial charge on any atom is -0.355 e. The Balaban J connectivity index is 1.18. The molecule has 2 aliphatic rings. The molecule has 2 heteroatoms. The molecular formula is C48H36N2. The van der Waals surface area contributed by atoms with Crippen molar-refractivity contribution < 1.29 is 0 Å². The molecule has 0 spiro atoms. The largest absolute Gasteiger partial charge is 0.355 e. The van der Waals surface area contributed by atoms with Crippen molar-refractivity contribution in [1.29, 1.82) is 0 Å². The van der Waals surface area contributed by atoms with Gasteiger partial charge in [-0.15, -0.1) is 0 Å². The van der Waals surface area contributed by atoms with Gasteiger partial charge in [0.05, 0.1) is 5.69 Å². The van der Waals surface area contributed by atoms with Crippen molar-refractivity contribution in [1.82, 2.24) is 0 Å². The summed E-state index contributed by atoms with van der Waals surface area (Å²) in [4.78, 5) is 2.45. The maximum absolute atomic E-state index is 4.24. The summed E-state index contributed by atoms with van der Waals surface area (Å²) >= 11 is 0. The Morgan fingerprint density at radius 3 is 1.88 bits per heavy atom. The summed E-state index contributed by atoms with van der Waals surface area (Å²) in [6.07, 6.45) is 5.17. The molecule has 7 aromatic carbocycles. The van der Waals surface area contributed by atoms with Gasteiger partial charge in [-0.05, 0) is 87.8 Å². The Kier molecular flexibility index (Phi) is 7.48. The molecular weight excluding hydrogens is 605 g/mol. The van der Waals surface area contributed by atoms with Crippen molar-refractivity contribution in [2.45, 2.75) is 12.3 Å². The summed E-state index contributed by atoms with van der Waals surface area (Å²) in [5.74, 6) is 0.0753. The van der Waals surface area contributed by atoms with Crippen LogP contribution in [0.1, 0.15) is 28.2 Å². The predicted molar refractivity (Wildman–Crippen MR) is 210 cm³/mol. The van der Waals surface area contributed by atoms with Gasteiger partial charge >= 0.3 is 0 Å². The highest BCUT2D eigenvalue weighted by Gasteiger charge is 2.32. The zero-order chi connectivity index (χ0) is 33.4. The highest BCUT2D eigenvalue weighted by molar-refractivity contribution is 6.07. The molecule has 50 heavy (non-hydrogen) atoms. The molecule has 2 bridgehead atoms. The van der Waals surface area contributed by atoms with Crippen LogP contribution in [0, 0.1) is 0 Å². The summed E-state index contributed by atoms with van der Waals surface area (Å²) < 4.78 is 0. The van der Waals surface area contributed by atoms with E-state index < -0.39 is 0 Å². The van der Waals surface area contributed by atoms with Crippen LogP contribution < -0.4 is 10.2 Å². The van der Waals surface area contributed by atoms with E-state index in [4.69, 9.17) is 0 Å². The molecule has 2 nitrogen and oxygen atoms in total. The monoisotopic (exact) mass is 640 g/mol. The number of nitrogens with one attached hydrogen (secondary N) is 1. The Morgan fingerprint density at radius 1 is 0.540 bits per heavy atom. The molecule has 0 saturated carbocycles. The second kappa shape index (κ2) is 12.6. The minimum absolute atomic E-state index is 0.0753. The molecule has 7 aromatic rings. The van der Waals surface area contributed by atoms with E-state index in [0.29, 0.717) is 0 Å². The second-order valence-corrected chi connectivity index (χ2v) is 13.0. The third-order valence-electron chi connectivity index (χ3n) is 10.1. The third-order valence-corrected chi connectivity index (χ3v) is 10.1. The molecule has 0 aromatic heterocycles. The fourth-order valence-corrected chi connectivity index (χ4v) is 7.80. The van der Waals surface area contributed by atoms with Gasteiger partial charge < -0.3 is 10.2 Å². The molecule has 0 amide bonds. The van der Waals surface area contributed by atoms with Crippen molar-refractivity contribution in [2.24, 2.45) is 0 Å². The first kappa shape index (κ1) is 29.7. The van der Waals surface area contributed by atoms with Crippen LogP contribution in [-0.2, 0) is 6.42 Å². The van der Waals surface area contributed by atoms with E-state index in [0.717, 1.165) is 23.4 Å². The van der Waals surface area contributed by atoms with Gasteiger partial charge in [-0.25, -0.2) is 0 Å². The predicted octanol–water partition coefficient (Wildman–Crippen LogP) is 12.7. The zero-order valence-corrected chi connectivity index (χ0v) is 27.8. The van der Waals surface area contributed by atoms with Crippen LogP contribution in [0.5, 0.6) is 0 Å². The van der Waals surface area contributed by atoms with Gasteiger partial charge in [-0.1, -0.05) is 146 Å². The summed E-state index contributed by atoms with van der Waals surface area (Å²) in [5, 5.41) is 3.80. The van der Waals surface area contributed by atoms with E-state index in [1.54, 1.807) is 0 Å². The Hall–Kier alpha value is -6.38. The van der Waals surface area contributed by atoms with E-state index >= 15 is 0 Å². The van der Waals surface area contributed by atoms with Crippen molar-refractivity contribution in [2.75, 3.05) is 10.2 Å². The minimum atomic E-state index is 0.0753. The first-order valence-electron chi connectivity index (χ1n) is 17.3. The van der Waals surface area contributed by atoms with Crippen molar-refractivity contribution in [3.8, 4) is 33.4 Å². The lowest BCUT2D eigenvalue weighted by molar-refractivity contribution is 1.02. The number of allylic oxidation sites excluding steroid dienone is 2. The topological polar surface area (TPSA) is 15.3 Å². The van der Waals surface area contributed by atoms with Crippen LogP contribution in [0.15, 0.2) is 194 Å². The standard InChI is InChI=1S/C48H36N2/c1-2-37(31-44(33-16-6-3-7-17-33)34-18-8-4-9-19-34)49-46-25-15-14-24-42(46)41-29-27-39-32-45(41)43-28-26-36-30-35-20-12-13-23-40(35)47(36)48(43)50(39)38-21-10-5-11-22-38/h2-29,31-32,44,49H,1,30H2/b37-31+. The van der Waals surface area contributed by atoms with Crippen LogP contribution >= 0.6 is 0 Å². The number of para-hydroxylation sites is 2. The molecule has 0 radical (unpaired) electrons. The average molecular weight is 641 g/mol. The van der Waals surface area contributed by atoms with Gasteiger partial charge in [-0.3, -0.25) is 0 Å². The Labute approximate surface area is 294 Å². The molecule has 9 rings (SSSR count). The number of rotatable bonds is 8. The number of hydrogen-bond acceptors (Lipinski definition) is 2. The fourth-order valence-electron chi connectivity index (χ4n) is 7.80. The van der Waals surface area contributed by atoms with E-state index in [2.05, 4.69) is 193 Å². The van der Waals surface area contributed by atoms with Crippen LogP contribution in [0.3, 0.4) is 0 Å². The van der Waals surface area contributed by atoms with Crippen molar-refractivity contribution >= 4 is 22.7 Å². The van der Waals surface area contributed by atoms with E-state index in [-0.39, 0.29) is 5.92 Å². The smallest absolute Gasteiger partial charge is 0.0621 e. The van der Waals surface area contributed by atoms with Gasteiger partial charge in [0, 0.05) is 45.4 Å². The maximum Gasteiger partial charge on any atom is 0.0621 e. The Bertz CT molecular complexity index is 2350. The van der Waals surface area contributed by atoms with Crippen molar-refractivity contribution in [3.63, 3.8) is 0 Å². The second-order valence-electron chi connectivity index (χ2n) is 13.0. The molecule has 238 valence electrons. The normalized spacial score (nSPS) is 12.7. The van der Waals surface area contributed by atoms with E-state index in [1.165, 1.54) is 67.1 Å². The van der Waals surface area contributed by atoms with E-state index in [9.17, 15) is 0 Å². The first-order valence-corrected chi connectivity index (χ1v) is 17.3. The highest BCUT2D eigenvalue weighted by Crippen LogP contribution is 2.56. The molecule has 0 unspecified atom stereocenters. The maximum atomic E-state index is 4.24. The van der Waals surface area contributed by atoms with E-state index in [1.807, 2.05) is 6.08 Å². The van der Waals surface area contributed by atoms with Gasteiger partial charge in [0.15, 0.2) is 0 Å². The quantitative estimate of drug-likeness (QED) is 0.166. The molecule has 1 aliphatic heterocycles. The van der Waals surface area contributed by atoms with Crippen LogP contribution in [-0.4, -0.2) is 0 Å². The zero-order valence-electron chi connectivity index (χ0n) is 27.8. The summed E-state index contributed by atoms with van der Waals surface area (Å²) in [6, 6.07) is 61.2. The third kappa shape index (κ3) is 5.14. The van der Waals surface area contributed by atoms with Crippen molar-refractivity contribution in [3.05, 3.63) is 217 Å². The van der Waals surface area contributed by atoms with Gasteiger partial charge in [0.25, 0.3) is 0 Å². The summed E-state index contributed by atoms with van der Waals surface area (Å²) in [6.45, 7) is 4.24. The molecule has 0 saturated heterocycles. The van der Waals surface area contributed by atoms with Gasteiger partial charge in [-0.2, -0.15) is 0 Å². The summed E-state index contributed by atoms with van der Waals surface area (Å²) in [5.41, 5.74) is 18.4. The molecule has 0 atom stereocenters. The molecule has 1 heterocycles. The highest BCUT2D eigenvalue weighted by atomic mass is 15.2. The number of anilines is 4. The molecule has 0 fully saturated rings. The van der Waals surface area contributed by atoms with Crippen LogP contribution in [0.2, 0.25) is 0 Å².